The molecule has 0 amide bonds. The molecule has 0 N–H and O–H groups in total. The van der Waals surface area contributed by atoms with E-state index in [-0.39, 0.29) is 16.7 Å². The van der Waals surface area contributed by atoms with Crippen molar-refractivity contribution in [3.63, 3.8) is 0 Å². The number of methoxy groups -OCH3 is 2. The van der Waals surface area contributed by atoms with Crippen LogP contribution in [0.25, 0.3) is 22.2 Å². The van der Waals surface area contributed by atoms with E-state index in [0.717, 1.165) is 11.3 Å². The Morgan fingerprint density at radius 3 is 2.44 bits per heavy atom. The molecule has 1 aliphatic carbocycles. The van der Waals surface area contributed by atoms with Crippen LogP contribution in [0.15, 0.2) is 24.4 Å². The molecule has 1 aromatic carbocycles. The van der Waals surface area contributed by atoms with Crippen LogP contribution in [0.2, 0.25) is 0 Å². The maximum atomic E-state index is 13.5. The fourth-order valence-electron chi connectivity index (χ4n) is 4.72. The summed E-state index contributed by atoms with van der Waals surface area (Å²) in [7, 11) is 3.17. The van der Waals surface area contributed by atoms with Crippen LogP contribution in [-0.4, -0.2) is 29.6 Å². The van der Waals surface area contributed by atoms with E-state index >= 15 is 0 Å². The number of hydrogen-bond acceptors (Lipinski definition) is 5. The molecule has 0 radical (unpaired) electrons. The number of ketones is 1. The van der Waals surface area contributed by atoms with Gasteiger partial charge < -0.3 is 14.0 Å². The number of nitriles is 1. The first-order valence-electron chi connectivity index (χ1n) is 10.8. The predicted molar refractivity (Wildman–Crippen MR) is 124 cm³/mol. The molecule has 166 valence electrons. The van der Waals surface area contributed by atoms with Crippen LogP contribution in [0.1, 0.15) is 62.7 Å². The summed E-state index contributed by atoms with van der Waals surface area (Å²) in [6.07, 6.45) is 2.95. The maximum Gasteiger partial charge on any atom is 0.168 e. The highest BCUT2D eigenvalue weighted by Gasteiger charge is 2.37. The van der Waals surface area contributed by atoms with Gasteiger partial charge >= 0.3 is 0 Å². The third kappa shape index (κ3) is 3.33. The molecule has 0 saturated carbocycles. The van der Waals surface area contributed by atoms with Crippen molar-refractivity contribution >= 4 is 16.8 Å². The SMILES string of the molecule is COc1cccc(-c2c3c(nc4c2c(C#N)cn4C(C)(C)C)CC(C)(C)CC3=O)c1OC. The summed E-state index contributed by atoms with van der Waals surface area (Å²) in [5.41, 5.74) is 3.52. The maximum absolute atomic E-state index is 13.5. The van der Waals surface area contributed by atoms with Crippen molar-refractivity contribution in [2.75, 3.05) is 14.2 Å². The number of ether oxygens (including phenoxy) is 2. The minimum atomic E-state index is -0.293. The van der Waals surface area contributed by atoms with Gasteiger partial charge in [-0.1, -0.05) is 26.0 Å². The number of carbonyl (C=O) groups is 1. The fraction of sp³-hybridized carbons (Fsp3) is 0.423. The Morgan fingerprint density at radius 1 is 1.12 bits per heavy atom. The molecule has 0 unspecified atom stereocenters. The highest BCUT2D eigenvalue weighted by molar-refractivity contribution is 6.13. The highest BCUT2D eigenvalue weighted by atomic mass is 16.5. The number of pyridine rings is 1. The van der Waals surface area contributed by atoms with Gasteiger partial charge in [0.2, 0.25) is 0 Å². The number of fused-ring (bicyclic) bond motifs is 2. The number of benzene rings is 1. The number of para-hydroxylation sites is 1. The Labute approximate surface area is 188 Å². The van der Waals surface area contributed by atoms with Gasteiger partial charge in [0.15, 0.2) is 17.3 Å². The molecule has 2 aromatic heterocycles. The van der Waals surface area contributed by atoms with Crippen molar-refractivity contribution in [2.24, 2.45) is 5.41 Å². The van der Waals surface area contributed by atoms with Crippen LogP contribution in [0.3, 0.4) is 0 Å². The lowest BCUT2D eigenvalue weighted by Crippen LogP contribution is -2.29. The molecule has 6 nitrogen and oxygen atoms in total. The summed E-state index contributed by atoms with van der Waals surface area (Å²) in [6.45, 7) is 10.4. The third-order valence-electron chi connectivity index (χ3n) is 6.09. The fourth-order valence-corrected chi connectivity index (χ4v) is 4.72. The Balaban J connectivity index is 2.25. The van der Waals surface area contributed by atoms with Crippen molar-refractivity contribution in [1.82, 2.24) is 9.55 Å². The van der Waals surface area contributed by atoms with Crippen LogP contribution >= 0.6 is 0 Å². The Kier molecular flexibility index (Phi) is 5.04. The van der Waals surface area contributed by atoms with Crippen molar-refractivity contribution in [1.29, 1.82) is 5.26 Å². The van der Waals surface area contributed by atoms with E-state index in [1.165, 1.54) is 0 Å². The lowest BCUT2D eigenvalue weighted by Gasteiger charge is -2.31. The minimum Gasteiger partial charge on any atom is -0.493 e. The number of rotatable bonds is 3. The number of aromatic nitrogens is 2. The molecule has 0 bridgehead atoms. The van der Waals surface area contributed by atoms with E-state index in [2.05, 4.69) is 40.7 Å². The number of hydrogen-bond donors (Lipinski definition) is 0. The summed E-state index contributed by atoms with van der Waals surface area (Å²) in [6, 6.07) is 7.95. The van der Waals surface area contributed by atoms with Gasteiger partial charge in [0.25, 0.3) is 0 Å². The largest absolute Gasteiger partial charge is 0.493 e. The monoisotopic (exact) mass is 431 g/mol. The first-order chi connectivity index (χ1) is 15.0. The zero-order valence-corrected chi connectivity index (χ0v) is 19.8. The molecule has 0 aliphatic heterocycles. The molecular formula is C26H29N3O3. The van der Waals surface area contributed by atoms with Crippen LogP contribution in [0.5, 0.6) is 11.5 Å². The zero-order chi connectivity index (χ0) is 23.4. The van der Waals surface area contributed by atoms with E-state index in [1.54, 1.807) is 14.2 Å². The van der Waals surface area contributed by atoms with Crippen molar-refractivity contribution < 1.29 is 14.3 Å². The van der Waals surface area contributed by atoms with Gasteiger partial charge in [0.05, 0.1) is 25.5 Å². The first kappa shape index (κ1) is 21.9. The van der Waals surface area contributed by atoms with Crippen LogP contribution in [0, 0.1) is 16.7 Å². The van der Waals surface area contributed by atoms with Crippen LogP contribution in [-0.2, 0) is 12.0 Å². The van der Waals surface area contributed by atoms with Crippen LogP contribution < -0.4 is 9.47 Å². The lowest BCUT2D eigenvalue weighted by atomic mass is 9.73. The zero-order valence-electron chi connectivity index (χ0n) is 19.8. The molecule has 0 saturated heterocycles. The van der Waals surface area contributed by atoms with Gasteiger partial charge in [-0.3, -0.25) is 4.79 Å². The van der Waals surface area contributed by atoms with Gasteiger partial charge in [-0.25, -0.2) is 4.98 Å². The van der Waals surface area contributed by atoms with Gasteiger partial charge in [-0.15, -0.1) is 0 Å². The van der Waals surface area contributed by atoms with E-state index in [1.807, 2.05) is 29.0 Å². The molecule has 6 heteroatoms. The van der Waals surface area contributed by atoms with E-state index in [0.29, 0.717) is 52.1 Å². The summed E-state index contributed by atoms with van der Waals surface area (Å²) >= 11 is 0. The van der Waals surface area contributed by atoms with Gasteiger partial charge in [0, 0.05) is 40.2 Å². The molecule has 0 fully saturated rings. The first-order valence-corrected chi connectivity index (χ1v) is 10.8. The van der Waals surface area contributed by atoms with Gasteiger partial charge in [0.1, 0.15) is 11.7 Å². The molecule has 1 aliphatic rings. The van der Waals surface area contributed by atoms with Gasteiger partial charge in [-0.05, 0) is 38.7 Å². The summed E-state index contributed by atoms with van der Waals surface area (Å²) in [5.74, 6) is 1.15. The minimum absolute atomic E-state index is 0.0397. The number of nitrogens with zero attached hydrogens (tertiary/aromatic N) is 3. The quantitative estimate of drug-likeness (QED) is 0.547. The Bertz CT molecular complexity index is 1290. The smallest absolute Gasteiger partial charge is 0.168 e. The second-order valence-electron chi connectivity index (χ2n) is 10.2. The highest BCUT2D eigenvalue weighted by Crippen LogP contribution is 2.47. The topological polar surface area (TPSA) is 77.1 Å². The Morgan fingerprint density at radius 2 is 1.84 bits per heavy atom. The average Bonchev–Trinajstić information content (AvgIpc) is 3.09. The second-order valence-corrected chi connectivity index (χ2v) is 10.2. The molecular weight excluding hydrogens is 402 g/mol. The number of Topliss-reactive ketones (excluding diaryl/α,β-unsaturated/α-hetero) is 1. The predicted octanol–water partition coefficient (Wildman–Crippen LogP) is 5.50. The van der Waals surface area contributed by atoms with Crippen molar-refractivity contribution in [2.45, 2.75) is 53.0 Å². The third-order valence-corrected chi connectivity index (χ3v) is 6.09. The molecule has 2 heterocycles. The van der Waals surface area contributed by atoms with Crippen molar-refractivity contribution in [3.05, 3.63) is 41.2 Å². The van der Waals surface area contributed by atoms with Crippen molar-refractivity contribution in [3.8, 4) is 28.7 Å². The molecule has 0 spiro atoms. The lowest BCUT2D eigenvalue weighted by molar-refractivity contribution is 0.0911. The average molecular weight is 432 g/mol. The van der Waals surface area contributed by atoms with E-state index in [4.69, 9.17) is 14.5 Å². The summed E-state index contributed by atoms with van der Waals surface area (Å²) in [4.78, 5) is 18.5. The van der Waals surface area contributed by atoms with Crippen LogP contribution in [0.4, 0.5) is 0 Å². The molecule has 3 aromatic rings. The second kappa shape index (κ2) is 7.37. The number of carbonyl (C=O) groups excluding carboxylic acids is 1. The molecule has 32 heavy (non-hydrogen) atoms. The van der Waals surface area contributed by atoms with Gasteiger partial charge in [-0.2, -0.15) is 5.26 Å². The normalized spacial score (nSPS) is 15.4. The van der Waals surface area contributed by atoms with E-state index in [9.17, 15) is 10.1 Å². The Hall–Kier alpha value is -3.33. The summed E-state index contributed by atoms with van der Waals surface area (Å²) < 4.78 is 13.3. The molecule has 0 atom stereocenters. The summed E-state index contributed by atoms with van der Waals surface area (Å²) in [5, 5.41) is 10.7. The standard InChI is InChI=1S/C26H29N3O3/c1-25(2,3)29-14-15(13-27)20-21(16-9-8-10-19(31-6)23(16)32-7)22-17(28-24(20)29)11-26(4,5)12-18(22)30/h8-10,14H,11-12H2,1-7H3. The molecule has 4 rings (SSSR count). The van der Waals surface area contributed by atoms with E-state index < -0.39 is 0 Å².